The number of ether oxygens (including phenoxy) is 2. The van der Waals surface area contributed by atoms with Crippen molar-refractivity contribution in [2.24, 2.45) is 0 Å². The number of nitrogens with one attached hydrogen (secondary N) is 2. The Hall–Kier alpha value is -2.60. The predicted molar refractivity (Wildman–Crippen MR) is 128 cm³/mol. The molecule has 0 bridgehead atoms. The first-order valence-electron chi connectivity index (χ1n) is 10.9. The summed E-state index contributed by atoms with van der Waals surface area (Å²) in [5, 5.41) is 32.4. The van der Waals surface area contributed by atoms with Gasteiger partial charge in [-0.2, -0.15) is 0 Å². The molecule has 1 fully saturated rings. The van der Waals surface area contributed by atoms with Crippen LogP contribution in [-0.4, -0.2) is 67.4 Å². The monoisotopic (exact) mass is 513 g/mol. The van der Waals surface area contributed by atoms with Gasteiger partial charge < -0.3 is 29.3 Å². The van der Waals surface area contributed by atoms with E-state index in [4.69, 9.17) is 19.1 Å². The minimum Gasteiger partial charge on any atom is -0.508 e. The van der Waals surface area contributed by atoms with Crippen LogP contribution in [0.3, 0.4) is 0 Å². The quantitative estimate of drug-likeness (QED) is 0.189. The summed E-state index contributed by atoms with van der Waals surface area (Å²) < 4.78 is 17.1. The lowest BCUT2D eigenvalue weighted by Gasteiger charge is -2.27. The van der Waals surface area contributed by atoms with Crippen molar-refractivity contribution in [3.05, 3.63) is 63.4 Å². The number of para-hydroxylation sites is 1. The van der Waals surface area contributed by atoms with E-state index >= 15 is 0 Å². The molecule has 0 saturated carbocycles. The Bertz CT molecular complexity index is 1060. The van der Waals surface area contributed by atoms with Gasteiger partial charge in [-0.1, -0.05) is 18.2 Å². The van der Waals surface area contributed by atoms with Crippen molar-refractivity contribution in [1.29, 1.82) is 0 Å². The second-order valence-corrected chi connectivity index (χ2v) is 9.10. The Morgan fingerprint density at radius 1 is 1.26 bits per heavy atom. The fourth-order valence-electron chi connectivity index (χ4n) is 3.06. The fourth-order valence-corrected chi connectivity index (χ4v) is 3.69. The largest absolute Gasteiger partial charge is 0.508 e. The number of aromatic hydroxyl groups is 1. The maximum absolute atomic E-state index is 12.0. The average molecular weight is 513 g/mol. The number of aliphatic hydroxyl groups is 2. The predicted octanol–water partition coefficient (Wildman–Crippen LogP) is 0.393. The number of phenols is 1. The van der Waals surface area contributed by atoms with Gasteiger partial charge in [-0.05, 0) is 39.8 Å². The van der Waals surface area contributed by atoms with Crippen molar-refractivity contribution in [2.75, 3.05) is 6.61 Å². The zero-order valence-electron chi connectivity index (χ0n) is 19.9. The van der Waals surface area contributed by atoms with Crippen molar-refractivity contribution < 1.29 is 34.1 Å². The Morgan fingerprint density at radius 3 is 2.46 bits per heavy atom. The van der Waals surface area contributed by atoms with E-state index in [1.807, 2.05) is 6.07 Å². The first-order chi connectivity index (χ1) is 16.4. The van der Waals surface area contributed by atoms with E-state index in [-0.39, 0.29) is 21.7 Å². The topological polar surface area (TPSA) is 172 Å². The van der Waals surface area contributed by atoms with Gasteiger partial charge in [0, 0.05) is 12.3 Å². The van der Waals surface area contributed by atoms with Gasteiger partial charge in [-0.3, -0.25) is 24.2 Å². The molecule has 0 radical (unpaired) electrons. The number of aromatic nitrogens is 2. The van der Waals surface area contributed by atoms with Crippen LogP contribution < -0.4 is 16.3 Å². The number of hydrogen-bond donors (Lipinski definition) is 5. The Labute approximate surface area is 203 Å². The highest BCUT2D eigenvalue weighted by Gasteiger charge is 2.53. The van der Waals surface area contributed by atoms with Crippen LogP contribution in [0.1, 0.15) is 33.9 Å². The standard InChI is InChI=1S/C16H26N3O8P.C6H6O/c1-8(2)26-13(22)9(3)18-28-25-7-10-12(21)16(4,24)14(27-10)19-6-5-11(20)17-15(19)23;7-6-4-2-1-3-5-6/h5-6,8-10,12,14,18,21,24,28H,7H2,1-4H3,(H,17,20,23);1-5,7H. The van der Waals surface area contributed by atoms with Crippen LogP contribution in [0.5, 0.6) is 5.75 Å². The van der Waals surface area contributed by atoms with Gasteiger partial charge in [0.2, 0.25) is 0 Å². The van der Waals surface area contributed by atoms with Crippen LogP contribution in [-0.2, 0) is 18.8 Å². The summed E-state index contributed by atoms with van der Waals surface area (Å²) in [6.07, 6.45) is -2.52. The Balaban J connectivity index is 0.000000527. The zero-order chi connectivity index (χ0) is 26.2. The van der Waals surface area contributed by atoms with Gasteiger partial charge >= 0.3 is 11.7 Å². The van der Waals surface area contributed by atoms with Gasteiger partial charge in [0.15, 0.2) is 6.23 Å². The van der Waals surface area contributed by atoms with Crippen molar-refractivity contribution in [3.63, 3.8) is 0 Å². The van der Waals surface area contributed by atoms with E-state index in [0.29, 0.717) is 5.75 Å². The maximum Gasteiger partial charge on any atom is 0.330 e. The number of hydrogen-bond acceptors (Lipinski definition) is 10. The number of carbonyl (C=O) groups excluding carboxylic acids is 1. The second-order valence-electron chi connectivity index (χ2n) is 8.32. The van der Waals surface area contributed by atoms with Gasteiger partial charge in [-0.25, -0.2) is 4.79 Å². The van der Waals surface area contributed by atoms with Gasteiger partial charge in [0.25, 0.3) is 5.56 Å². The Kier molecular flexibility index (Phi) is 10.6. The lowest BCUT2D eigenvalue weighted by atomic mass is 9.96. The van der Waals surface area contributed by atoms with E-state index < -0.39 is 47.3 Å². The molecule has 2 heterocycles. The third kappa shape index (κ3) is 8.24. The van der Waals surface area contributed by atoms with Crippen LogP contribution in [0.4, 0.5) is 0 Å². The molecule has 1 aliphatic heterocycles. The fraction of sp³-hybridized carbons (Fsp3) is 0.500. The highest BCUT2D eigenvalue weighted by molar-refractivity contribution is 7.29. The molecule has 1 saturated heterocycles. The zero-order valence-corrected chi connectivity index (χ0v) is 20.9. The first-order valence-corrected chi connectivity index (χ1v) is 11.8. The Morgan fingerprint density at radius 2 is 1.91 bits per heavy atom. The van der Waals surface area contributed by atoms with Crippen molar-refractivity contribution >= 4 is 14.9 Å². The van der Waals surface area contributed by atoms with Crippen LogP contribution in [0.25, 0.3) is 0 Å². The third-order valence-electron chi connectivity index (χ3n) is 4.92. The highest BCUT2D eigenvalue weighted by Crippen LogP contribution is 2.37. The van der Waals surface area contributed by atoms with Crippen molar-refractivity contribution in [1.82, 2.24) is 14.6 Å². The number of nitrogens with zero attached hydrogens (tertiary/aromatic N) is 1. The van der Waals surface area contributed by atoms with E-state index in [0.717, 1.165) is 10.6 Å². The van der Waals surface area contributed by atoms with E-state index in [1.54, 1.807) is 45.0 Å². The molecule has 1 aromatic carbocycles. The van der Waals surface area contributed by atoms with Crippen LogP contribution in [0.15, 0.2) is 52.2 Å². The molecule has 6 unspecified atom stereocenters. The molecule has 1 aliphatic rings. The summed E-state index contributed by atoms with van der Waals surface area (Å²) in [5.74, 6) is -0.0915. The summed E-state index contributed by atoms with van der Waals surface area (Å²) >= 11 is 0. The average Bonchev–Trinajstić information content (AvgIpc) is 3.00. The lowest BCUT2D eigenvalue weighted by Crippen LogP contribution is -2.46. The first kappa shape index (κ1) is 28.6. The van der Waals surface area contributed by atoms with Crippen LogP contribution in [0.2, 0.25) is 0 Å². The summed E-state index contributed by atoms with van der Waals surface area (Å²) in [6.45, 7) is 6.36. The normalized spacial score (nSPS) is 24.8. The molecule has 0 amide bonds. The maximum atomic E-state index is 12.0. The molecule has 0 spiro atoms. The number of carbonyl (C=O) groups is 1. The number of esters is 1. The highest BCUT2D eigenvalue weighted by atomic mass is 31.1. The van der Waals surface area contributed by atoms with Gasteiger partial charge in [-0.15, -0.1) is 0 Å². The van der Waals surface area contributed by atoms with Gasteiger partial charge in [0.05, 0.1) is 21.7 Å². The van der Waals surface area contributed by atoms with Gasteiger partial charge in [0.1, 0.15) is 29.6 Å². The third-order valence-corrected chi connectivity index (χ3v) is 5.78. The summed E-state index contributed by atoms with van der Waals surface area (Å²) in [5.41, 5.74) is -3.15. The minimum atomic E-state index is -1.79. The number of phenolic OH excluding ortho intramolecular Hbond substituents is 1. The molecule has 1 aromatic heterocycles. The minimum absolute atomic E-state index is 0.0939. The molecule has 6 atom stereocenters. The number of aliphatic hydroxyl groups excluding tert-OH is 1. The molecule has 0 aliphatic carbocycles. The number of H-pyrrole nitrogens is 1. The smallest absolute Gasteiger partial charge is 0.330 e. The number of rotatable bonds is 8. The molecule has 12 nitrogen and oxygen atoms in total. The molecular weight excluding hydrogens is 481 g/mol. The van der Waals surface area contributed by atoms with E-state index in [2.05, 4.69) is 10.1 Å². The van der Waals surface area contributed by atoms with Crippen LogP contribution >= 0.6 is 8.96 Å². The number of benzene rings is 1. The molecule has 2 aromatic rings. The molecule has 3 rings (SSSR count). The van der Waals surface area contributed by atoms with E-state index in [1.165, 1.54) is 13.1 Å². The SMILES string of the molecule is CC(C)OC(=O)C(C)NPOCC1OC(n2ccc(=O)[nH]c2=O)C(C)(O)C1O.Oc1ccccc1. The van der Waals surface area contributed by atoms with Crippen LogP contribution in [0, 0.1) is 0 Å². The lowest BCUT2D eigenvalue weighted by molar-refractivity contribution is -0.148. The summed E-state index contributed by atoms with van der Waals surface area (Å²) in [7, 11) is -0.285. The molecule has 35 heavy (non-hydrogen) atoms. The summed E-state index contributed by atoms with van der Waals surface area (Å²) in [6, 6.07) is 9.25. The van der Waals surface area contributed by atoms with Crippen molar-refractivity contribution in [3.8, 4) is 5.75 Å². The van der Waals surface area contributed by atoms with E-state index in [9.17, 15) is 24.6 Å². The second kappa shape index (κ2) is 12.9. The molecular formula is C22H32N3O9P. The van der Waals surface area contributed by atoms with Crippen molar-refractivity contribution in [2.45, 2.75) is 63.9 Å². The summed E-state index contributed by atoms with van der Waals surface area (Å²) in [4.78, 5) is 36.9. The molecule has 5 N–H and O–H groups in total. The number of aromatic amines is 1. The molecule has 13 heteroatoms. The molecule has 194 valence electrons.